The number of anilines is 1. The predicted octanol–water partition coefficient (Wildman–Crippen LogP) is 2.42. The van der Waals surface area contributed by atoms with Crippen LogP contribution in [0.3, 0.4) is 0 Å². The van der Waals surface area contributed by atoms with E-state index in [2.05, 4.69) is 0 Å². The lowest BCUT2D eigenvalue weighted by molar-refractivity contribution is -0.385. The number of allylic oxidation sites excluding steroid dienone is 2. The molecule has 3 heterocycles. The van der Waals surface area contributed by atoms with E-state index in [-0.39, 0.29) is 29.3 Å². The molecule has 4 rings (SSSR count). The topological polar surface area (TPSA) is 155 Å². The van der Waals surface area contributed by atoms with Gasteiger partial charge in [-0.05, 0) is 46.6 Å². The second-order valence-corrected chi connectivity index (χ2v) is 11.1. The highest BCUT2D eigenvalue weighted by atomic mass is 16.7. The van der Waals surface area contributed by atoms with Crippen LogP contribution >= 0.6 is 0 Å². The van der Waals surface area contributed by atoms with Crippen LogP contribution in [0.25, 0.3) is 11.2 Å². The second-order valence-electron chi connectivity index (χ2n) is 11.1. The first-order valence-electron chi connectivity index (χ1n) is 13.6. The zero-order chi connectivity index (χ0) is 30.8. The van der Waals surface area contributed by atoms with E-state index in [0.717, 1.165) is 11.0 Å². The number of fused-ring (bicyclic) bond motifs is 1. The molecule has 0 radical (unpaired) electrons. The molecule has 1 aliphatic heterocycles. The molecule has 14 heteroatoms. The van der Waals surface area contributed by atoms with Crippen molar-refractivity contribution in [3.8, 4) is 0 Å². The molecule has 2 aromatic heterocycles. The van der Waals surface area contributed by atoms with E-state index in [1.54, 1.807) is 4.57 Å². The van der Waals surface area contributed by atoms with Gasteiger partial charge in [0.05, 0.1) is 28.7 Å². The summed E-state index contributed by atoms with van der Waals surface area (Å²) in [4.78, 5) is 75.5. The number of para-hydroxylation sites is 1. The van der Waals surface area contributed by atoms with Gasteiger partial charge in [0.1, 0.15) is 0 Å². The molecule has 1 atom stereocenters. The number of carbonyl (C=O) groups excluding carboxylic acids is 2. The van der Waals surface area contributed by atoms with Gasteiger partial charge in [-0.2, -0.15) is 4.98 Å². The Kier molecular flexibility index (Phi) is 8.75. The van der Waals surface area contributed by atoms with E-state index in [4.69, 9.17) is 9.82 Å². The van der Waals surface area contributed by atoms with Crippen LogP contribution in [0.1, 0.15) is 50.9 Å². The smallest absolute Gasteiger partial charge is 0.332 e. The van der Waals surface area contributed by atoms with E-state index < -0.39 is 39.8 Å². The van der Waals surface area contributed by atoms with Gasteiger partial charge in [-0.25, -0.2) is 9.86 Å². The van der Waals surface area contributed by atoms with E-state index in [1.165, 1.54) is 40.9 Å². The standard InChI is InChI=1S/C28H35N7O7/c1-6-7-15-32-23-24(29-26(32)31-14-10-11-19(16-31)34(18-36)42-28(2,3)4)30(5)27(39)33(25(23)38)17-22(37)20-12-8-9-13-21(20)35(40)41/h6-9,12-13,18-19H,10-11,14-17H2,1-5H3/b7-6+/t19-/m1/s1. The van der Waals surface area contributed by atoms with Crippen molar-refractivity contribution in [2.45, 2.75) is 65.3 Å². The number of Topliss-reactive ketones (excluding diaryl/α,β-unsaturated/α-hetero) is 1. The van der Waals surface area contributed by atoms with Crippen molar-refractivity contribution >= 4 is 35.0 Å². The van der Waals surface area contributed by atoms with Crippen LogP contribution in [-0.4, -0.2) is 65.6 Å². The minimum Gasteiger partial charge on any atom is -0.340 e. The van der Waals surface area contributed by atoms with Crippen LogP contribution in [0.5, 0.6) is 0 Å². The number of hydrogen-bond donors (Lipinski definition) is 0. The number of carbonyl (C=O) groups is 2. The lowest BCUT2D eigenvalue weighted by atomic mass is 10.1. The van der Waals surface area contributed by atoms with Gasteiger partial charge in [-0.15, -0.1) is 0 Å². The molecule has 0 aliphatic carbocycles. The number of imidazole rings is 1. The first-order chi connectivity index (χ1) is 19.9. The summed E-state index contributed by atoms with van der Waals surface area (Å²) in [5.41, 5.74) is -2.44. The average Bonchev–Trinajstić information content (AvgIpc) is 3.35. The van der Waals surface area contributed by atoms with Crippen LogP contribution in [0.4, 0.5) is 11.6 Å². The first kappa shape index (κ1) is 30.4. The minimum absolute atomic E-state index is 0.112. The SMILES string of the molecule is C/C=C/Cn1c(N2CCC[C@@H](N(C=O)OC(C)(C)C)C2)nc2c1c(=O)n(CC(=O)c1ccccc1[N+](=O)[O-])c(=O)n2C. The number of piperidine rings is 1. The fourth-order valence-corrected chi connectivity index (χ4v) is 5.06. The fourth-order valence-electron chi connectivity index (χ4n) is 5.06. The molecule has 0 N–H and O–H groups in total. The molecule has 0 unspecified atom stereocenters. The van der Waals surface area contributed by atoms with Gasteiger partial charge in [-0.3, -0.25) is 38.5 Å². The number of nitro groups is 1. The van der Waals surface area contributed by atoms with Crippen molar-refractivity contribution in [3.05, 3.63) is 72.9 Å². The largest absolute Gasteiger partial charge is 0.340 e. The van der Waals surface area contributed by atoms with Gasteiger partial charge in [-0.1, -0.05) is 24.3 Å². The Morgan fingerprint density at radius 3 is 2.60 bits per heavy atom. The summed E-state index contributed by atoms with van der Waals surface area (Å²) in [5, 5.41) is 12.8. The Morgan fingerprint density at radius 2 is 1.95 bits per heavy atom. The fraction of sp³-hybridized carbons (Fsp3) is 0.464. The third-order valence-corrected chi connectivity index (χ3v) is 6.96. The third-order valence-electron chi connectivity index (χ3n) is 6.96. The van der Waals surface area contributed by atoms with Crippen molar-refractivity contribution in [1.29, 1.82) is 0 Å². The number of benzene rings is 1. The number of nitro benzene ring substituents is 1. The highest BCUT2D eigenvalue weighted by molar-refractivity contribution is 5.99. The van der Waals surface area contributed by atoms with Gasteiger partial charge in [0.15, 0.2) is 16.9 Å². The zero-order valence-corrected chi connectivity index (χ0v) is 24.3. The van der Waals surface area contributed by atoms with Gasteiger partial charge in [0, 0.05) is 32.7 Å². The number of aryl methyl sites for hydroxylation is 1. The summed E-state index contributed by atoms with van der Waals surface area (Å²) in [6.07, 6.45) is 5.75. The molecular formula is C28H35N7O7. The number of hydroxylamine groups is 2. The lowest BCUT2D eigenvalue weighted by Crippen LogP contribution is -2.50. The Hall–Kier alpha value is -4.59. The normalized spacial score (nSPS) is 15.8. The highest BCUT2D eigenvalue weighted by Crippen LogP contribution is 2.26. The molecule has 1 fully saturated rings. The van der Waals surface area contributed by atoms with E-state index in [9.17, 15) is 29.3 Å². The number of rotatable bonds is 10. The summed E-state index contributed by atoms with van der Waals surface area (Å²) in [7, 11) is 1.46. The lowest BCUT2D eigenvalue weighted by Gasteiger charge is -2.39. The number of ketones is 1. The van der Waals surface area contributed by atoms with Crippen molar-refractivity contribution in [3.63, 3.8) is 0 Å². The van der Waals surface area contributed by atoms with Crippen molar-refractivity contribution in [2.75, 3.05) is 18.0 Å². The van der Waals surface area contributed by atoms with Crippen molar-refractivity contribution in [1.82, 2.24) is 23.7 Å². The predicted molar refractivity (Wildman–Crippen MR) is 155 cm³/mol. The van der Waals surface area contributed by atoms with E-state index >= 15 is 0 Å². The number of nitrogens with zero attached hydrogens (tertiary/aromatic N) is 7. The van der Waals surface area contributed by atoms with Gasteiger partial charge in [0.25, 0.3) is 11.2 Å². The number of amides is 1. The minimum atomic E-state index is -0.774. The Morgan fingerprint density at radius 1 is 1.24 bits per heavy atom. The molecule has 42 heavy (non-hydrogen) atoms. The van der Waals surface area contributed by atoms with Crippen LogP contribution in [0.2, 0.25) is 0 Å². The summed E-state index contributed by atoms with van der Waals surface area (Å²) in [6.45, 7) is 7.95. The summed E-state index contributed by atoms with van der Waals surface area (Å²) >= 11 is 0. The van der Waals surface area contributed by atoms with E-state index in [0.29, 0.717) is 31.9 Å². The van der Waals surface area contributed by atoms with Crippen molar-refractivity contribution in [2.24, 2.45) is 7.05 Å². The molecule has 3 aromatic rings. The Balaban J connectivity index is 1.80. The molecule has 14 nitrogen and oxygen atoms in total. The zero-order valence-electron chi connectivity index (χ0n) is 24.3. The van der Waals surface area contributed by atoms with Gasteiger partial charge in [0.2, 0.25) is 12.4 Å². The molecule has 0 spiro atoms. The molecule has 1 amide bonds. The van der Waals surface area contributed by atoms with Crippen LogP contribution in [-0.2, 0) is 29.8 Å². The summed E-state index contributed by atoms with van der Waals surface area (Å²) in [6, 6.07) is 5.13. The average molecular weight is 582 g/mol. The molecule has 224 valence electrons. The number of hydrogen-bond acceptors (Lipinski definition) is 9. The molecule has 0 saturated carbocycles. The molecule has 1 aliphatic rings. The molecule has 1 saturated heterocycles. The Labute approximate surface area is 241 Å². The molecular weight excluding hydrogens is 546 g/mol. The van der Waals surface area contributed by atoms with Crippen molar-refractivity contribution < 1.29 is 19.3 Å². The maximum Gasteiger partial charge on any atom is 0.332 e. The quantitative estimate of drug-likeness (QED) is 0.115. The summed E-state index contributed by atoms with van der Waals surface area (Å²) in [5.74, 6) is -0.309. The van der Waals surface area contributed by atoms with Crippen LogP contribution in [0.15, 0.2) is 46.0 Å². The maximum absolute atomic E-state index is 13.8. The number of aromatic nitrogens is 4. The molecule has 1 aromatic carbocycles. The third kappa shape index (κ3) is 6.03. The van der Waals surface area contributed by atoms with E-state index in [1.807, 2.05) is 44.7 Å². The second kappa shape index (κ2) is 12.1. The maximum atomic E-state index is 13.8. The first-order valence-corrected chi connectivity index (χ1v) is 13.6. The summed E-state index contributed by atoms with van der Waals surface area (Å²) < 4.78 is 3.66. The van der Waals surface area contributed by atoms with Crippen LogP contribution in [0, 0.1) is 10.1 Å². The van der Waals surface area contributed by atoms with Crippen LogP contribution < -0.4 is 16.1 Å². The van der Waals surface area contributed by atoms with Gasteiger partial charge >= 0.3 is 5.69 Å². The molecule has 0 bridgehead atoms. The Bertz CT molecular complexity index is 1660. The van der Waals surface area contributed by atoms with Gasteiger partial charge < -0.3 is 9.47 Å². The highest BCUT2D eigenvalue weighted by Gasteiger charge is 2.32. The monoisotopic (exact) mass is 581 g/mol.